The Kier molecular flexibility index (Phi) is 5.22. The monoisotopic (exact) mass is 314 g/mol. The van der Waals surface area contributed by atoms with Crippen LogP contribution in [0.3, 0.4) is 0 Å². The van der Waals surface area contributed by atoms with Gasteiger partial charge in [-0.3, -0.25) is 0 Å². The Bertz CT molecular complexity index is 589. The summed E-state index contributed by atoms with van der Waals surface area (Å²) in [6.45, 7) is 3.54. The first kappa shape index (κ1) is 16.2. The number of benzene rings is 1. The van der Waals surface area contributed by atoms with E-state index < -0.39 is 9.84 Å². The molecule has 0 aromatic heterocycles. The Morgan fingerprint density at radius 2 is 2.19 bits per heavy atom. The molecule has 1 aromatic carbocycles. The van der Waals surface area contributed by atoms with E-state index in [0.717, 1.165) is 18.5 Å². The van der Waals surface area contributed by atoms with Crippen molar-refractivity contribution in [2.45, 2.75) is 32.4 Å². The first-order valence-corrected chi connectivity index (χ1v) is 9.18. The summed E-state index contributed by atoms with van der Waals surface area (Å²) in [6.07, 6.45) is 1.58. The molecule has 1 unspecified atom stereocenters. The number of halogens is 1. The minimum atomic E-state index is -2.97. The summed E-state index contributed by atoms with van der Waals surface area (Å²) in [5, 5.41) is 3.27. The molecular formula is C15H23FN2O2S. The van der Waals surface area contributed by atoms with Gasteiger partial charge in [0.1, 0.15) is 5.82 Å². The van der Waals surface area contributed by atoms with E-state index in [1.165, 1.54) is 6.07 Å². The molecule has 0 bridgehead atoms. The maximum Gasteiger partial charge on any atom is 0.152 e. The lowest BCUT2D eigenvalue weighted by Gasteiger charge is -2.28. The van der Waals surface area contributed by atoms with Gasteiger partial charge in [0, 0.05) is 19.6 Å². The fraction of sp³-hybridized carbons (Fsp3) is 0.600. The summed E-state index contributed by atoms with van der Waals surface area (Å²) in [6, 6.07) is 4.87. The fourth-order valence-electron chi connectivity index (χ4n) is 2.76. The number of sulfone groups is 1. The minimum absolute atomic E-state index is 0.111. The van der Waals surface area contributed by atoms with Crippen molar-refractivity contribution in [1.29, 1.82) is 0 Å². The fourth-order valence-corrected chi connectivity index (χ4v) is 4.54. The molecule has 1 atom stereocenters. The molecule has 4 nitrogen and oxygen atoms in total. The van der Waals surface area contributed by atoms with Crippen LogP contribution in [0.1, 0.15) is 25.3 Å². The zero-order chi connectivity index (χ0) is 15.5. The van der Waals surface area contributed by atoms with Gasteiger partial charge in [-0.05, 0) is 31.0 Å². The lowest BCUT2D eigenvalue weighted by Crippen LogP contribution is -2.34. The Hall–Kier alpha value is -1.14. The summed E-state index contributed by atoms with van der Waals surface area (Å²) in [7, 11) is -1.19. The summed E-state index contributed by atoms with van der Waals surface area (Å²) < 4.78 is 37.5. The molecule has 0 aliphatic carbocycles. The molecule has 1 aliphatic heterocycles. The highest BCUT2D eigenvalue weighted by atomic mass is 32.2. The third-order valence-corrected chi connectivity index (χ3v) is 5.67. The van der Waals surface area contributed by atoms with E-state index in [4.69, 9.17) is 0 Å². The van der Waals surface area contributed by atoms with Gasteiger partial charge in [-0.2, -0.15) is 0 Å². The van der Waals surface area contributed by atoms with Gasteiger partial charge in [0.05, 0.1) is 17.2 Å². The van der Waals surface area contributed by atoms with Crippen molar-refractivity contribution in [3.63, 3.8) is 0 Å². The lowest BCUT2D eigenvalue weighted by molar-refractivity contribution is 0.592. The van der Waals surface area contributed by atoms with Crippen molar-refractivity contribution in [1.82, 2.24) is 5.32 Å². The van der Waals surface area contributed by atoms with Crippen molar-refractivity contribution < 1.29 is 12.8 Å². The topological polar surface area (TPSA) is 49.4 Å². The van der Waals surface area contributed by atoms with Crippen LogP contribution >= 0.6 is 0 Å². The quantitative estimate of drug-likeness (QED) is 0.816. The molecule has 0 spiro atoms. The van der Waals surface area contributed by atoms with E-state index in [-0.39, 0.29) is 23.4 Å². The molecule has 1 N–H and O–H groups in total. The lowest BCUT2D eigenvalue weighted by atomic mass is 10.1. The van der Waals surface area contributed by atoms with Gasteiger partial charge in [-0.1, -0.05) is 19.1 Å². The van der Waals surface area contributed by atoms with Crippen molar-refractivity contribution in [3.05, 3.63) is 29.6 Å². The SMILES string of the molecule is CCCNCc1cccc(F)c1N(C)C1CCS(=O)(=O)C1. The van der Waals surface area contributed by atoms with Gasteiger partial charge in [-0.15, -0.1) is 0 Å². The van der Waals surface area contributed by atoms with Gasteiger partial charge in [0.25, 0.3) is 0 Å². The van der Waals surface area contributed by atoms with Crippen molar-refractivity contribution in [3.8, 4) is 0 Å². The molecule has 0 amide bonds. The summed E-state index contributed by atoms with van der Waals surface area (Å²) >= 11 is 0. The number of para-hydroxylation sites is 1. The number of nitrogens with zero attached hydrogens (tertiary/aromatic N) is 1. The summed E-state index contributed by atoms with van der Waals surface area (Å²) in [5.74, 6) is 0.0112. The van der Waals surface area contributed by atoms with Crippen LogP contribution in [0.2, 0.25) is 0 Å². The van der Waals surface area contributed by atoms with Crippen LogP contribution in [0.15, 0.2) is 18.2 Å². The van der Waals surface area contributed by atoms with Gasteiger partial charge < -0.3 is 10.2 Å². The first-order chi connectivity index (χ1) is 9.94. The Morgan fingerprint density at radius 1 is 1.43 bits per heavy atom. The van der Waals surface area contributed by atoms with Crippen molar-refractivity contribution in [2.75, 3.05) is 30.0 Å². The molecule has 0 saturated carbocycles. The normalized spacial score (nSPS) is 20.6. The smallest absolute Gasteiger partial charge is 0.152 e. The van der Waals surface area contributed by atoms with E-state index in [2.05, 4.69) is 12.2 Å². The van der Waals surface area contributed by atoms with Crippen LogP contribution in [0, 0.1) is 5.82 Å². The van der Waals surface area contributed by atoms with Gasteiger partial charge >= 0.3 is 0 Å². The van der Waals surface area contributed by atoms with Crippen LogP contribution in [-0.2, 0) is 16.4 Å². The summed E-state index contributed by atoms with van der Waals surface area (Å²) in [5.41, 5.74) is 1.39. The van der Waals surface area contributed by atoms with Crippen LogP contribution in [-0.4, -0.2) is 39.6 Å². The summed E-state index contributed by atoms with van der Waals surface area (Å²) in [4.78, 5) is 1.79. The molecule has 1 aliphatic rings. The van der Waals surface area contributed by atoms with Crippen LogP contribution in [0.25, 0.3) is 0 Å². The first-order valence-electron chi connectivity index (χ1n) is 7.36. The highest BCUT2D eigenvalue weighted by Crippen LogP contribution is 2.28. The van der Waals surface area contributed by atoms with Crippen molar-refractivity contribution in [2.24, 2.45) is 0 Å². The van der Waals surface area contributed by atoms with Gasteiger partial charge in [-0.25, -0.2) is 12.8 Å². The van der Waals surface area contributed by atoms with Gasteiger partial charge in [0.15, 0.2) is 9.84 Å². The minimum Gasteiger partial charge on any atom is -0.368 e. The molecule has 1 aromatic rings. The number of nitrogens with one attached hydrogen (secondary N) is 1. The van der Waals surface area contributed by atoms with E-state index in [1.54, 1.807) is 18.0 Å². The average Bonchev–Trinajstić information content (AvgIpc) is 2.79. The van der Waals surface area contributed by atoms with E-state index in [1.807, 2.05) is 6.07 Å². The Morgan fingerprint density at radius 3 is 2.81 bits per heavy atom. The molecule has 118 valence electrons. The Balaban J connectivity index is 2.21. The molecule has 1 fully saturated rings. The average molecular weight is 314 g/mol. The third kappa shape index (κ3) is 3.95. The van der Waals surface area contributed by atoms with Crippen LogP contribution in [0.5, 0.6) is 0 Å². The second-order valence-corrected chi connectivity index (χ2v) is 7.82. The molecule has 1 saturated heterocycles. The largest absolute Gasteiger partial charge is 0.368 e. The molecule has 21 heavy (non-hydrogen) atoms. The molecule has 6 heteroatoms. The van der Waals surface area contributed by atoms with Crippen LogP contribution in [0.4, 0.5) is 10.1 Å². The Labute approximate surface area is 126 Å². The van der Waals surface area contributed by atoms with E-state index in [0.29, 0.717) is 18.7 Å². The molecule has 0 radical (unpaired) electrons. The van der Waals surface area contributed by atoms with Crippen molar-refractivity contribution >= 4 is 15.5 Å². The zero-order valence-corrected chi connectivity index (χ0v) is 13.4. The number of hydrogen-bond donors (Lipinski definition) is 1. The van der Waals surface area contributed by atoms with E-state index in [9.17, 15) is 12.8 Å². The molecule has 2 rings (SSSR count). The second kappa shape index (κ2) is 6.75. The predicted octanol–water partition coefficient (Wildman–Crippen LogP) is 1.95. The van der Waals surface area contributed by atoms with Gasteiger partial charge in [0.2, 0.25) is 0 Å². The standard InChI is InChI=1S/C15H23FN2O2S/c1-3-8-17-10-12-5-4-6-14(16)15(12)18(2)13-7-9-21(19,20)11-13/h4-6,13,17H,3,7-11H2,1-2H3. The highest BCUT2D eigenvalue weighted by molar-refractivity contribution is 7.91. The second-order valence-electron chi connectivity index (χ2n) is 5.59. The number of hydrogen-bond acceptors (Lipinski definition) is 4. The zero-order valence-electron chi connectivity index (χ0n) is 12.6. The van der Waals surface area contributed by atoms with E-state index >= 15 is 0 Å². The molecule has 1 heterocycles. The highest BCUT2D eigenvalue weighted by Gasteiger charge is 2.32. The number of rotatable bonds is 6. The maximum absolute atomic E-state index is 14.2. The third-order valence-electron chi connectivity index (χ3n) is 3.92. The maximum atomic E-state index is 14.2. The molecular weight excluding hydrogens is 291 g/mol. The van der Waals surface area contributed by atoms with Crippen LogP contribution < -0.4 is 10.2 Å². The predicted molar refractivity (Wildman–Crippen MR) is 83.9 cm³/mol. The number of anilines is 1.